The predicted molar refractivity (Wildman–Crippen MR) is 196 cm³/mol. The Bertz CT molecular complexity index is 2230. The summed E-state index contributed by atoms with van der Waals surface area (Å²) in [6, 6.07) is 65.4. The van der Waals surface area contributed by atoms with Crippen LogP contribution in [0.3, 0.4) is 0 Å². The van der Waals surface area contributed by atoms with Gasteiger partial charge < -0.3 is 4.90 Å². The Kier molecular flexibility index (Phi) is 7.54. The number of rotatable bonds is 7. The van der Waals surface area contributed by atoms with E-state index in [2.05, 4.69) is 175 Å². The van der Waals surface area contributed by atoms with E-state index < -0.39 is 0 Å². The maximum atomic E-state index is 5.45. The quantitative estimate of drug-likeness (QED) is 0.182. The van der Waals surface area contributed by atoms with E-state index in [0.717, 1.165) is 61.7 Å². The number of fused-ring (bicyclic) bond motifs is 1. The van der Waals surface area contributed by atoms with Crippen LogP contribution in [0, 0.1) is 0 Å². The molecule has 1 aromatic heterocycles. The molecule has 0 atom stereocenters. The number of hydrogen-bond acceptors (Lipinski definition) is 3. The second-order valence-corrected chi connectivity index (χ2v) is 11.4. The maximum absolute atomic E-state index is 5.45. The van der Waals surface area contributed by atoms with Crippen LogP contribution in [-0.4, -0.2) is 9.97 Å². The summed E-state index contributed by atoms with van der Waals surface area (Å²) in [4.78, 5) is 13.0. The van der Waals surface area contributed by atoms with Crippen molar-refractivity contribution < 1.29 is 0 Å². The zero-order valence-electron chi connectivity index (χ0n) is 25.7. The predicted octanol–water partition coefficient (Wildman–Crippen LogP) is 11.8. The lowest BCUT2D eigenvalue weighted by molar-refractivity contribution is 1.27. The number of benzene rings is 7. The molecule has 0 saturated carbocycles. The summed E-state index contributed by atoms with van der Waals surface area (Å²) in [5, 5.41) is 0. The molecule has 0 fully saturated rings. The fourth-order valence-electron chi connectivity index (χ4n) is 6.25. The van der Waals surface area contributed by atoms with Gasteiger partial charge in [0.2, 0.25) is 0 Å². The van der Waals surface area contributed by atoms with Crippen LogP contribution >= 0.6 is 0 Å². The Morgan fingerprint density at radius 2 is 0.745 bits per heavy atom. The van der Waals surface area contributed by atoms with Crippen LogP contribution in [0.25, 0.3) is 55.8 Å². The Balaban J connectivity index is 1.30. The molecular formula is C44H31N3. The standard InChI is InChI=1S/C44H31N3/c1-5-16-32(17-6-1)38-24-13-14-25-39(38)40-26-15-27-41-44(40)46-43(42(45-41)33-18-7-2-8-19-33)34-28-30-37(31-29-34)47(35-20-9-3-10-21-35)36-22-11-4-12-23-36/h1-31H. The molecule has 7 aromatic carbocycles. The number of para-hydroxylation sites is 3. The number of anilines is 3. The fourth-order valence-corrected chi connectivity index (χ4v) is 6.25. The van der Waals surface area contributed by atoms with Crippen LogP contribution in [-0.2, 0) is 0 Å². The Labute approximate surface area is 275 Å². The minimum absolute atomic E-state index is 0.853. The molecule has 222 valence electrons. The summed E-state index contributed by atoms with van der Waals surface area (Å²) < 4.78 is 0. The number of nitrogens with zero attached hydrogens (tertiary/aromatic N) is 3. The van der Waals surface area contributed by atoms with Gasteiger partial charge in [0.25, 0.3) is 0 Å². The summed E-state index contributed by atoms with van der Waals surface area (Å²) in [5.41, 5.74) is 13.3. The molecule has 0 aliphatic carbocycles. The first kappa shape index (κ1) is 28.2. The Hall–Kier alpha value is -6.32. The van der Waals surface area contributed by atoms with Gasteiger partial charge in [-0.3, -0.25) is 0 Å². The molecular weight excluding hydrogens is 571 g/mol. The molecule has 1 heterocycles. The lowest BCUT2D eigenvalue weighted by atomic mass is 9.93. The summed E-state index contributed by atoms with van der Waals surface area (Å²) in [5.74, 6) is 0. The largest absolute Gasteiger partial charge is 0.311 e. The van der Waals surface area contributed by atoms with Crippen LogP contribution in [0.5, 0.6) is 0 Å². The highest BCUT2D eigenvalue weighted by molar-refractivity contribution is 5.99. The van der Waals surface area contributed by atoms with Crippen LogP contribution in [0.2, 0.25) is 0 Å². The average Bonchev–Trinajstić information content (AvgIpc) is 3.16. The number of hydrogen-bond donors (Lipinski definition) is 0. The van der Waals surface area contributed by atoms with Gasteiger partial charge >= 0.3 is 0 Å². The third-order valence-corrected chi connectivity index (χ3v) is 8.47. The summed E-state index contributed by atoms with van der Waals surface area (Å²) in [7, 11) is 0. The zero-order valence-corrected chi connectivity index (χ0v) is 25.7. The van der Waals surface area contributed by atoms with Gasteiger partial charge in [0, 0.05) is 33.8 Å². The first-order valence-electron chi connectivity index (χ1n) is 15.9. The van der Waals surface area contributed by atoms with E-state index in [-0.39, 0.29) is 0 Å². The van der Waals surface area contributed by atoms with Crippen molar-refractivity contribution >= 4 is 28.1 Å². The molecule has 3 heteroatoms. The van der Waals surface area contributed by atoms with Crippen molar-refractivity contribution in [2.45, 2.75) is 0 Å². The Morgan fingerprint density at radius 3 is 1.36 bits per heavy atom. The van der Waals surface area contributed by atoms with Crippen LogP contribution in [0.4, 0.5) is 17.1 Å². The van der Waals surface area contributed by atoms with E-state index in [1.165, 1.54) is 11.1 Å². The smallest absolute Gasteiger partial charge is 0.0973 e. The van der Waals surface area contributed by atoms with E-state index in [9.17, 15) is 0 Å². The van der Waals surface area contributed by atoms with E-state index in [1.54, 1.807) is 0 Å². The summed E-state index contributed by atoms with van der Waals surface area (Å²) in [6.07, 6.45) is 0. The van der Waals surface area contributed by atoms with Gasteiger partial charge in [-0.1, -0.05) is 146 Å². The minimum atomic E-state index is 0.853. The SMILES string of the molecule is c1ccc(-c2ccccc2-c2cccc3nc(-c4ccccc4)c(-c4ccc(N(c5ccccc5)c5ccccc5)cc4)nc23)cc1. The first-order chi connectivity index (χ1) is 23.3. The molecule has 0 spiro atoms. The van der Waals surface area contributed by atoms with Crippen LogP contribution < -0.4 is 4.90 Å². The highest BCUT2D eigenvalue weighted by Crippen LogP contribution is 2.40. The minimum Gasteiger partial charge on any atom is -0.311 e. The molecule has 3 nitrogen and oxygen atoms in total. The second-order valence-electron chi connectivity index (χ2n) is 11.4. The second kappa shape index (κ2) is 12.6. The van der Waals surface area contributed by atoms with Crippen molar-refractivity contribution in [1.82, 2.24) is 9.97 Å². The highest BCUT2D eigenvalue weighted by atomic mass is 15.1. The molecule has 0 amide bonds. The van der Waals surface area contributed by atoms with Crippen LogP contribution in [0.1, 0.15) is 0 Å². The van der Waals surface area contributed by atoms with E-state index in [1.807, 2.05) is 18.2 Å². The molecule has 0 N–H and O–H groups in total. The number of aromatic nitrogens is 2. The topological polar surface area (TPSA) is 29.0 Å². The zero-order chi connectivity index (χ0) is 31.4. The maximum Gasteiger partial charge on any atom is 0.0973 e. The molecule has 8 aromatic rings. The normalized spacial score (nSPS) is 11.0. The van der Waals surface area contributed by atoms with Crippen molar-refractivity contribution in [1.29, 1.82) is 0 Å². The van der Waals surface area contributed by atoms with Gasteiger partial charge in [0.1, 0.15) is 0 Å². The van der Waals surface area contributed by atoms with Crippen molar-refractivity contribution in [3.05, 3.63) is 188 Å². The van der Waals surface area contributed by atoms with Gasteiger partial charge in [-0.25, -0.2) is 9.97 Å². The van der Waals surface area contributed by atoms with Crippen molar-refractivity contribution in [3.63, 3.8) is 0 Å². The van der Waals surface area contributed by atoms with Gasteiger partial charge in [-0.2, -0.15) is 0 Å². The monoisotopic (exact) mass is 601 g/mol. The molecule has 8 rings (SSSR count). The van der Waals surface area contributed by atoms with E-state index >= 15 is 0 Å². The lowest BCUT2D eigenvalue weighted by Crippen LogP contribution is -2.09. The molecule has 0 radical (unpaired) electrons. The van der Waals surface area contributed by atoms with E-state index in [0.29, 0.717) is 0 Å². The lowest BCUT2D eigenvalue weighted by Gasteiger charge is -2.25. The molecule has 47 heavy (non-hydrogen) atoms. The molecule has 0 saturated heterocycles. The third kappa shape index (κ3) is 5.56. The molecule has 0 unspecified atom stereocenters. The third-order valence-electron chi connectivity index (χ3n) is 8.47. The Morgan fingerprint density at radius 1 is 0.298 bits per heavy atom. The average molecular weight is 602 g/mol. The summed E-state index contributed by atoms with van der Waals surface area (Å²) >= 11 is 0. The van der Waals surface area contributed by atoms with Crippen LogP contribution in [0.15, 0.2) is 188 Å². The van der Waals surface area contributed by atoms with Crippen molar-refractivity contribution in [2.75, 3.05) is 4.90 Å². The molecule has 0 aliphatic rings. The molecule has 0 bridgehead atoms. The van der Waals surface area contributed by atoms with Crippen molar-refractivity contribution in [3.8, 4) is 44.8 Å². The van der Waals surface area contributed by atoms with Gasteiger partial charge in [0.15, 0.2) is 0 Å². The highest BCUT2D eigenvalue weighted by Gasteiger charge is 2.18. The fraction of sp³-hybridized carbons (Fsp3) is 0. The first-order valence-corrected chi connectivity index (χ1v) is 15.9. The summed E-state index contributed by atoms with van der Waals surface area (Å²) in [6.45, 7) is 0. The van der Waals surface area contributed by atoms with Gasteiger partial charge in [-0.05, 0) is 59.2 Å². The van der Waals surface area contributed by atoms with Gasteiger partial charge in [-0.15, -0.1) is 0 Å². The van der Waals surface area contributed by atoms with E-state index in [4.69, 9.17) is 9.97 Å². The van der Waals surface area contributed by atoms with Gasteiger partial charge in [0.05, 0.1) is 22.4 Å². The van der Waals surface area contributed by atoms with Crippen molar-refractivity contribution in [2.24, 2.45) is 0 Å². The molecule has 0 aliphatic heterocycles.